The molecule has 0 aliphatic carbocycles. The molecular formula is C18H21BrClNO2. The van der Waals surface area contributed by atoms with E-state index in [0.717, 1.165) is 32.2 Å². The number of rotatable bonds is 7. The average molecular weight is 399 g/mol. The SMILES string of the molecule is CCOc1cc(CNc2ccc(Cl)cc2)cc(Br)c1OC(C)C. The van der Waals surface area contributed by atoms with E-state index in [4.69, 9.17) is 21.1 Å². The summed E-state index contributed by atoms with van der Waals surface area (Å²) >= 11 is 9.48. The van der Waals surface area contributed by atoms with Crippen molar-refractivity contribution in [2.45, 2.75) is 33.4 Å². The zero-order valence-corrected chi connectivity index (χ0v) is 15.9. The van der Waals surface area contributed by atoms with Crippen LogP contribution < -0.4 is 14.8 Å². The zero-order chi connectivity index (χ0) is 16.8. The van der Waals surface area contributed by atoms with Crippen LogP contribution in [0.4, 0.5) is 5.69 Å². The number of nitrogens with one attached hydrogen (secondary N) is 1. The van der Waals surface area contributed by atoms with Crippen molar-refractivity contribution in [3.05, 3.63) is 51.5 Å². The highest BCUT2D eigenvalue weighted by Crippen LogP contribution is 2.37. The zero-order valence-electron chi connectivity index (χ0n) is 13.5. The lowest BCUT2D eigenvalue weighted by Gasteiger charge is -2.18. The molecule has 1 N–H and O–H groups in total. The molecule has 0 aromatic heterocycles. The molecule has 0 amide bonds. The Morgan fingerprint density at radius 2 is 1.87 bits per heavy atom. The molecule has 0 saturated carbocycles. The molecule has 23 heavy (non-hydrogen) atoms. The maximum atomic E-state index is 5.90. The number of hydrogen-bond acceptors (Lipinski definition) is 3. The molecule has 0 saturated heterocycles. The summed E-state index contributed by atoms with van der Waals surface area (Å²) in [5.41, 5.74) is 2.12. The van der Waals surface area contributed by atoms with Gasteiger partial charge in [-0.05, 0) is 78.7 Å². The summed E-state index contributed by atoms with van der Waals surface area (Å²) in [6.45, 7) is 7.24. The lowest BCUT2D eigenvalue weighted by atomic mass is 10.2. The highest BCUT2D eigenvalue weighted by atomic mass is 79.9. The Morgan fingerprint density at radius 3 is 2.48 bits per heavy atom. The molecule has 2 aromatic carbocycles. The van der Waals surface area contributed by atoms with Crippen LogP contribution in [-0.2, 0) is 6.54 Å². The minimum absolute atomic E-state index is 0.0866. The smallest absolute Gasteiger partial charge is 0.175 e. The third-order valence-corrected chi connectivity index (χ3v) is 3.90. The molecule has 0 fully saturated rings. The van der Waals surface area contributed by atoms with Gasteiger partial charge in [0.2, 0.25) is 0 Å². The van der Waals surface area contributed by atoms with Crippen LogP contribution in [0.15, 0.2) is 40.9 Å². The van der Waals surface area contributed by atoms with Gasteiger partial charge in [0.25, 0.3) is 0 Å². The Bertz CT molecular complexity index is 644. The fourth-order valence-corrected chi connectivity index (χ4v) is 2.82. The Morgan fingerprint density at radius 1 is 1.17 bits per heavy atom. The minimum Gasteiger partial charge on any atom is -0.490 e. The van der Waals surface area contributed by atoms with Crippen LogP contribution in [0.1, 0.15) is 26.3 Å². The Hall–Kier alpha value is -1.39. The maximum absolute atomic E-state index is 5.90. The topological polar surface area (TPSA) is 30.5 Å². The van der Waals surface area contributed by atoms with E-state index in [1.54, 1.807) is 0 Å². The van der Waals surface area contributed by atoms with Crippen LogP contribution in [-0.4, -0.2) is 12.7 Å². The average Bonchev–Trinajstić information content (AvgIpc) is 2.50. The van der Waals surface area contributed by atoms with E-state index in [1.807, 2.05) is 57.2 Å². The van der Waals surface area contributed by atoms with E-state index in [2.05, 4.69) is 21.2 Å². The first-order valence-corrected chi connectivity index (χ1v) is 8.78. The van der Waals surface area contributed by atoms with Crippen LogP contribution >= 0.6 is 27.5 Å². The lowest BCUT2D eigenvalue weighted by molar-refractivity contribution is 0.222. The molecule has 0 unspecified atom stereocenters. The summed E-state index contributed by atoms with van der Waals surface area (Å²) in [6, 6.07) is 11.7. The van der Waals surface area contributed by atoms with Crippen LogP contribution in [0, 0.1) is 0 Å². The van der Waals surface area contributed by atoms with Crippen molar-refractivity contribution in [1.29, 1.82) is 0 Å². The molecule has 0 bridgehead atoms. The van der Waals surface area contributed by atoms with E-state index in [9.17, 15) is 0 Å². The molecule has 0 aliphatic rings. The van der Waals surface area contributed by atoms with Crippen molar-refractivity contribution in [1.82, 2.24) is 0 Å². The third-order valence-electron chi connectivity index (χ3n) is 3.06. The number of halogens is 2. The largest absolute Gasteiger partial charge is 0.490 e. The second-order valence-electron chi connectivity index (χ2n) is 5.36. The van der Waals surface area contributed by atoms with Crippen LogP contribution in [0.25, 0.3) is 0 Å². The van der Waals surface area contributed by atoms with Crippen molar-refractivity contribution >= 4 is 33.2 Å². The summed E-state index contributed by atoms with van der Waals surface area (Å²) in [7, 11) is 0. The molecule has 0 spiro atoms. The van der Waals surface area contributed by atoms with Crippen molar-refractivity contribution < 1.29 is 9.47 Å². The molecule has 5 heteroatoms. The molecule has 2 rings (SSSR count). The van der Waals surface area contributed by atoms with Gasteiger partial charge in [-0.3, -0.25) is 0 Å². The molecule has 0 aliphatic heterocycles. The quantitative estimate of drug-likeness (QED) is 0.630. The van der Waals surface area contributed by atoms with Gasteiger partial charge >= 0.3 is 0 Å². The Labute approximate surface area is 151 Å². The van der Waals surface area contributed by atoms with Crippen LogP contribution in [0.3, 0.4) is 0 Å². The summed E-state index contributed by atoms with van der Waals surface area (Å²) in [6.07, 6.45) is 0.0866. The van der Waals surface area contributed by atoms with Gasteiger partial charge in [0, 0.05) is 17.3 Å². The number of anilines is 1. The molecule has 124 valence electrons. The molecule has 0 heterocycles. The molecule has 2 aromatic rings. The first-order chi connectivity index (χ1) is 11.0. The molecule has 0 radical (unpaired) electrons. The van der Waals surface area contributed by atoms with Gasteiger partial charge < -0.3 is 14.8 Å². The van der Waals surface area contributed by atoms with E-state index in [-0.39, 0.29) is 6.10 Å². The van der Waals surface area contributed by atoms with E-state index >= 15 is 0 Å². The third kappa shape index (κ3) is 5.33. The van der Waals surface area contributed by atoms with Gasteiger partial charge in [-0.1, -0.05) is 11.6 Å². The Kier molecular flexibility index (Phi) is 6.60. The van der Waals surface area contributed by atoms with Gasteiger partial charge in [-0.15, -0.1) is 0 Å². The van der Waals surface area contributed by atoms with E-state index in [0.29, 0.717) is 13.2 Å². The maximum Gasteiger partial charge on any atom is 0.175 e. The second-order valence-corrected chi connectivity index (χ2v) is 6.66. The molecule has 0 atom stereocenters. The summed E-state index contributed by atoms with van der Waals surface area (Å²) in [5.74, 6) is 1.50. The standard InChI is InChI=1S/C18H21BrClNO2/c1-4-22-17-10-13(9-16(19)18(17)23-12(2)3)11-21-15-7-5-14(20)6-8-15/h5-10,12,21H,4,11H2,1-3H3. The Balaban J connectivity index is 2.17. The molecular weight excluding hydrogens is 378 g/mol. The first kappa shape index (κ1) is 18.0. The lowest BCUT2D eigenvalue weighted by Crippen LogP contribution is -2.09. The van der Waals surface area contributed by atoms with E-state index < -0.39 is 0 Å². The first-order valence-electron chi connectivity index (χ1n) is 7.61. The fraction of sp³-hybridized carbons (Fsp3) is 0.333. The molecule has 3 nitrogen and oxygen atoms in total. The highest BCUT2D eigenvalue weighted by molar-refractivity contribution is 9.10. The fourth-order valence-electron chi connectivity index (χ4n) is 2.11. The van der Waals surface area contributed by atoms with Gasteiger partial charge in [0.1, 0.15) is 0 Å². The minimum atomic E-state index is 0.0866. The number of ether oxygens (including phenoxy) is 2. The number of benzene rings is 2. The summed E-state index contributed by atoms with van der Waals surface area (Å²) in [5, 5.41) is 4.10. The van der Waals surface area contributed by atoms with Crippen molar-refractivity contribution in [2.24, 2.45) is 0 Å². The number of hydrogen-bond donors (Lipinski definition) is 1. The van der Waals surface area contributed by atoms with Gasteiger partial charge in [0.15, 0.2) is 11.5 Å². The van der Waals surface area contributed by atoms with Gasteiger partial charge in [-0.25, -0.2) is 0 Å². The van der Waals surface area contributed by atoms with Crippen LogP contribution in [0.5, 0.6) is 11.5 Å². The van der Waals surface area contributed by atoms with Crippen molar-refractivity contribution in [2.75, 3.05) is 11.9 Å². The van der Waals surface area contributed by atoms with Crippen LogP contribution in [0.2, 0.25) is 5.02 Å². The predicted octanol–water partition coefficient (Wildman–Crippen LogP) is 5.90. The van der Waals surface area contributed by atoms with E-state index in [1.165, 1.54) is 0 Å². The van der Waals surface area contributed by atoms with Gasteiger partial charge in [-0.2, -0.15) is 0 Å². The van der Waals surface area contributed by atoms with Gasteiger partial charge in [0.05, 0.1) is 17.2 Å². The van der Waals surface area contributed by atoms with Crippen molar-refractivity contribution in [3.8, 4) is 11.5 Å². The predicted molar refractivity (Wildman–Crippen MR) is 99.9 cm³/mol. The van der Waals surface area contributed by atoms with Crippen molar-refractivity contribution in [3.63, 3.8) is 0 Å². The highest BCUT2D eigenvalue weighted by Gasteiger charge is 2.13. The summed E-state index contributed by atoms with van der Waals surface area (Å²) < 4.78 is 12.5. The normalized spacial score (nSPS) is 10.7. The summed E-state index contributed by atoms with van der Waals surface area (Å²) in [4.78, 5) is 0. The monoisotopic (exact) mass is 397 g/mol. The second kappa shape index (κ2) is 8.46.